The number of amidine groups is 1. The number of hydrogen-bond acceptors (Lipinski definition) is 3. The molecule has 2 aromatic carbocycles. The second-order valence-electron chi connectivity index (χ2n) is 7.29. The lowest BCUT2D eigenvalue weighted by Gasteiger charge is -2.46. The van der Waals surface area contributed by atoms with E-state index in [2.05, 4.69) is 47.4 Å². The van der Waals surface area contributed by atoms with Gasteiger partial charge in [-0.1, -0.05) is 72.2 Å². The molecule has 3 aliphatic rings. The van der Waals surface area contributed by atoms with Crippen LogP contribution in [0.5, 0.6) is 0 Å². The van der Waals surface area contributed by atoms with E-state index in [4.69, 9.17) is 16.6 Å². The number of hydrogen-bond donors (Lipinski definition) is 0. The zero-order chi connectivity index (χ0) is 17.6. The zero-order valence-electron chi connectivity index (χ0n) is 14.6. The molecule has 0 radical (unpaired) electrons. The fraction of sp³-hybridized carbons (Fsp3) is 0.318. The van der Waals surface area contributed by atoms with E-state index >= 15 is 0 Å². The first kappa shape index (κ1) is 16.5. The van der Waals surface area contributed by atoms with Gasteiger partial charge in [0.25, 0.3) is 0 Å². The van der Waals surface area contributed by atoms with Crippen LogP contribution in [0.3, 0.4) is 0 Å². The van der Waals surface area contributed by atoms with Gasteiger partial charge in [-0.15, -0.1) is 0 Å². The topological polar surface area (TPSA) is 15.6 Å². The Labute approximate surface area is 164 Å². The summed E-state index contributed by atoms with van der Waals surface area (Å²) in [7, 11) is 0. The Morgan fingerprint density at radius 1 is 1.04 bits per heavy atom. The Morgan fingerprint density at radius 2 is 1.81 bits per heavy atom. The van der Waals surface area contributed by atoms with Gasteiger partial charge in [0.1, 0.15) is 0 Å². The van der Waals surface area contributed by atoms with Crippen molar-refractivity contribution in [2.24, 2.45) is 4.99 Å². The first-order valence-electron chi connectivity index (χ1n) is 9.30. The summed E-state index contributed by atoms with van der Waals surface area (Å²) in [5.41, 5.74) is 4.42. The number of halogens is 1. The molecule has 2 heterocycles. The fourth-order valence-electron chi connectivity index (χ4n) is 4.42. The molecule has 0 N–H and O–H groups in total. The van der Waals surface area contributed by atoms with E-state index in [-0.39, 0.29) is 5.41 Å². The summed E-state index contributed by atoms with van der Waals surface area (Å²) in [4.78, 5) is 8.74. The second-order valence-corrected chi connectivity index (χ2v) is 8.79. The molecule has 2 aromatic rings. The highest BCUT2D eigenvalue weighted by molar-refractivity contribution is 8.17. The first-order chi connectivity index (χ1) is 12.8. The van der Waals surface area contributed by atoms with Crippen LogP contribution in [0.25, 0.3) is 0 Å². The minimum atomic E-state index is 0.128. The summed E-state index contributed by atoms with van der Waals surface area (Å²) in [6.45, 7) is 1.94. The van der Waals surface area contributed by atoms with Gasteiger partial charge < -0.3 is 4.90 Å². The van der Waals surface area contributed by atoms with Crippen molar-refractivity contribution < 1.29 is 0 Å². The Hall–Kier alpha value is -1.71. The first-order valence-corrected chi connectivity index (χ1v) is 10.5. The molecule has 0 bridgehead atoms. The Balaban J connectivity index is 1.60. The van der Waals surface area contributed by atoms with Crippen LogP contribution in [0.2, 0.25) is 5.02 Å². The van der Waals surface area contributed by atoms with Gasteiger partial charge in [0.05, 0.1) is 6.54 Å². The van der Waals surface area contributed by atoms with Crippen LogP contribution in [0.4, 0.5) is 0 Å². The monoisotopic (exact) mass is 380 g/mol. The van der Waals surface area contributed by atoms with Crippen molar-refractivity contribution in [2.75, 3.05) is 13.1 Å². The van der Waals surface area contributed by atoms with Crippen LogP contribution in [0.1, 0.15) is 30.4 Å². The van der Waals surface area contributed by atoms with Crippen molar-refractivity contribution in [2.45, 2.75) is 31.1 Å². The quantitative estimate of drug-likeness (QED) is 0.682. The van der Waals surface area contributed by atoms with Gasteiger partial charge in [-0.25, -0.2) is 0 Å². The fourth-order valence-corrected chi connectivity index (χ4v) is 5.85. The second kappa shape index (κ2) is 6.47. The van der Waals surface area contributed by atoms with Crippen LogP contribution in [-0.4, -0.2) is 23.2 Å². The summed E-state index contributed by atoms with van der Waals surface area (Å²) in [6.07, 6.45) is 4.71. The maximum atomic E-state index is 6.16. The molecule has 1 aliphatic carbocycles. The summed E-state index contributed by atoms with van der Waals surface area (Å²) in [5.74, 6) is 0. The van der Waals surface area contributed by atoms with Crippen LogP contribution >= 0.6 is 23.4 Å². The minimum Gasteiger partial charge on any atom is -0.321 e. The molecular weight excluding hydrogens is 360 g/mol. The molecular formula is C22H21ClN2S. The van der Waals surface area contributed by atoms with Crippen LogP contribution < -0.4 is 0 Å². The third-order valence-corrected chi connectivity index (χ3v) is 7.18. The van der Waals surface area contributed by atoms with Crippen molar-refractivity contribution in [3.8, 4) is 0 Å². The van der Waals surface area contributed by atoms with Gasteiger partial charge >= 0.3 is 0 Å². The normalized spacial score (nSPS) is 20.8. The molecule has 0 atom stereocenters. The molecule has 1 fully saturated rings. The number of benzene rings is 2. The van der Waals surface area contributed by atoms with Crippen molar-refractivity contribution in [3.63, 3.8) is 0 Å². The molecule has 0 saturated heterocycles. The SMILES string of the molecule is Clc1ccc(C2(C3=C(Cc4ccccc4)SC4=NCCN43)CCC2)cc1. The number of aliphatic imine (C=N–C) groups is 1. The number of nitrogens with zero attached hydrogens (tertiary/aromatic N) is 2. The lowest BCUT2D eigenvalue weighted by atomic mass is 9.61. The van der Waals surface area contributed by atoms with E-state index in [1.807, 2.05) is 23.9 Å². The van der Waals surface area contributed by atoms with E-state index < -0.39 is 0 Å². The van der Waals surface area contributed by atoms with Gasteiger partial charge in [-0.3, -0.25) is 4.99 Å². The smallest absolute Gasteiger partial charge is 0.168 e. The Morgan fingerprint density at radius 3 is 2.50 bits per heavy atom. The zero-order valence-corrected chi connectivity index (χ0v) is 16.2. The lowest BCUT2D eigenvalue weighted by Crippen LogP contribution is -2.43. The number of fused-ring (bicyclic) bond motifs is 1. The molecule has 5 rings (SSSR count). The maximum absolute atomic E-state index is 6.16. The lowest BCUT2D eigenvalue weighted by molar-refractivity contribution is 0.250. The molecule has 0 unspecified atom stereocenters. The van der Waals surface area contributed by atoms with Crippen molar-refractivity contribution in [1.29, 1.82) is 0 Å². The van der Waals surface area contributed by atoms with Gasteiger partial charge in [0.15, 0.2) is 5.17 Å². The Kier molecular flexibility index (Phi) is 4.10. The molecule has 132 valence electrons. The van der Waals surface area contributed by atoms with E-state index in [0.29, 0.717) is 0 Å². The molecule has 0 amide bonds. The number of thioether (sulfide) groups is 1. The molecule has 1 saturated carbocycles. The average molecular weight is 381 g/mol. The largest absolute Gasteiger partial charge is 0.321 e. The molecule has 2 nitrogen and oxygen atoms in total. The van der Waals surface area contributed by atoms with Gasteiger partial charge in [0.2, 0.25) is 0 Å². The van der Waals surface area contributed by atoms with Crippen molar-refractivity contribution in [1.82, 2.24) is 4.90 Å². The Bertz CT molecular complexity index is 882. The van der Waals surface area contributed by atoms with E-state index in [1.54, 1.807) is 0 Å². The van der Waals surface area contributed by atoms with Crippen LogP contribution in [-0.2, 0) is 11.8 Å². The molecule has 2 aliphatic heterocycles. The van der Waals surface area contributed by atoms with Crippen molar-refractivity contribution in [3.05, 3.63) is 81.3 Å². The maximum Gasteiger partial charge on any atom is 0.168 e. The summed E-state index contributed by atoms with van der Waals surface area (Å²) in [6, 6.07) is 19.3. The predicted molar refractivity (Wildman–Crippen MR) is 111 cm³/mol. The highest BCUT2D eigenvalue weighted by Crippen LogP contribution is 2.56. The van der Waals surface area contributed by atoms with Crippen LogP contribution in [0.15, 0.2) is 70.2 Å². The highest BCUT2D eigenvalue weighted by Gasteiger charge is 2.49. The third kappa shape index (κ3) is 2.60. The molecule has 4 heteroatoms. The summed E-state index contributed by atoms with van der Waals surface area (Å²) >= 11 is 8.05. The summed E-state index contributed by atoms with van der Waals surface area (Å²) in [5, 5.41) is 2.01. The van der Waals surface area contributed by atoms with Crippen molar-refractivity contribution >= 4 is 28.5 Å². The van der Waals surface area contributed by atoms with Gasteiger partial charge in [0, 0.05) is 34.0 Å². The minimum absolute atomic E-state index is 0.128. The average Bonchev–Trinajstić information content (AvgIpc) is 3.19. The number of allylic oxidation sites excluding steroid dienone is 2. The van der Waals surface area contributed by atoms with Gasteiger partial charge in [-0.2, -0.15) is 0 Å². The molecule has 0 spiro atoms. The standard InChI is InChI=1S/C22H21ClN2S/c23-18-9-7-17(8-10-18)22(11-4-12-22)20-19(15-16-5-2-1-3-6-16)26-21-24-13-14-25(20)21/h1-3,5-10H,4,11-15H2. The van der Waals surface area contributed by atoms with E-state index in [0.717, 1.165) is 24.5 Å². The summed E-state index contributed by atoms with van der Waals surface area (Å²) < 4.78 is 0. The third-order valence-electron chi connectivity index (χ3n) is 5.81. The van der Waals surface area contributed by atoms with E-state index in [9.17, 15) is 0 Å². The molecule has 26 heavy (non-hydrogen) atoms. The predicted octanol–water partition coefficient (Wildman–Crippen LogP) is 5.63. The molecule has 0 aromatic heterocycles. The van der Waals surface area contributed by atoms with Crippen LogP contribution in [0, 0.1) is 0 Å². The number of rotatable bonds is 4. The van der Waals surface area contributed by atoms with Gasteiger partial charge in [-0.05, 0) is 36.1 Å². The highest BCUT2D eigenvalue weighted by atomic mass is 35.5. The van der Waals surface area contributed by atoms with E-state index in [1.165, 1.54) is 46.2 Å².